The minimum absolute atomic E-state index is 0.0163. The summed E-state index contributed by atoms with van der Waals surface area (Å²) in [6, 6.07) is 6.19. The van der Waals surface area contributed by atoms with Gasteiger partial charge in [-0.05, 0) is 43.3 Å². The topological polar surface area (TPSA) is 82.9 Å². The fraction of sp³-hybridized carbons (Fsp3) is 0.632. The zero-order chi connectivity index (χ0) is 21.1. The van der Waals surface area contributed by atoms with Crippen LogP contribution in [0.2, 0.25) is 23.2 Å². The second-order valence-electron chi connectivity index (χ2n) is 9.14. The summed E-state index contributed by atoms with van der Waals surface area (Å²) in [6.07, 6.45) is -0.366. The molecule has 2 heterocycles. The molecule has 0 aromatic heterocycles. The predicted octanol–water partition coefficient (Wildman–Crippen LogP) is 3.76. The van der Waals surface area contributed by atoms with Crippen LogP contribution in [-0.2, 0) is 19.2 Å². The van der Waals surface area contributed by atoms with Crippen LogP contribution in [-0.4, -0.2) is 51.9 Å². The molecule has 154 valence electrons. The summed E-state index contributed by atoms with van der Waals surface area (Å²) in [4.78, 5) is 0.0163. The van der Waals surface area contributed by atoms with Crippen molar-refractivity contribution in [2.45, 2.75) is 68.5 Å². The van der Waals surface area contributed by atoms with E-state index >= 15 is 0 Å². The van der Waals surface area contributed by atoms with Crippen LogP contribution in [0.1, 0.15) is 33.3 Å². The average molecular weight is 443 g/mol. The number of ether oxygens (including phenoxy) is 1. The van der Waals surface area contributed by atoms with Gasteiger partial charge >= 0.3 is 0 Å². The molecule has 0 N–H and O–H groups in total. The molecule has 0 aliphatic carbocycles. The van der Waals surface area contributed by atoms with Crippen LogP contribution in [0.3, 0.4) is 0 Å². The molecule has 28 heavy (non-hydrogen) atoms. The number of halogens is 1. The van der Waals surface area contributed by atoms with E-state index in [0.29, 0.717) is 5.56 Å². The Morgan fingerprint density at radius 3 is 2.61 bits per heavy atom. The maximum atomic E-state index is 13.1. The Morgan fingerprint density at radius 1 is 1.43 bits per heavy atom. The van der Waals surface area contributed by atoms with Gasteiger partial charge in [-0.25, -0.2) is 8.42 Å². The van der Waals surface area contributed by atoms with Crippen molar-refractivity contribution in [2.24, 2.45) is 0 Å². The number of epoxide rings is 1. The third kappa shape index (κ3) is 3.53. The molecule has 6 nitrogen and oxygen atoms in total. The van der Waals surface area contributed by atoms with Gasteiger partial charge in [0.25, 0.3) is 0 Å². The van der Waals surface area contributed by atoms with Crippen molar-refractivity contribution in [3.05, 3.63) is 28.8 Å². The summed E-state index contributed by atoms with van der Waals surface area (Å²) in [5.74, 6) is 0. The molecular formula is C19H27ClN2O4SSi. The molecule has 2 fully saturated rings. The summed E-state index contributed by atoms with van der Waals surface area (Å²) >= 11 is 6.15. The Bertz CT molecular complexity index is 938. The molecule has 9 heteroatoms. The first kappa shape index (κ1) is 21.7. The number of morpholine rings is 1. The summed E-state index contributed by atoms with van der Waals surface area (Å²) < 4.78 is 40.0. The second kappa shape index (κ2) is 6.79. The van der Waals surface area contributed by atoms with Gasteiger partial charge in [0, 0.05) is 13.1 Å². The lowest BCUT2D eigenvalue weighted by molar-refractivity contribution is 0.0832. The Kier molecular flexibility index (Phi) is 5.28. The highest BCUT2D eigenvalue weighted by Gasteiger charge is 2.68. The molecule has 0 bridgehead atoms. The van der Waals surface area contributed by atoms with E-state index in [0.717, 1.165) is 0 Å². The van der Waals surface area contributed by atoms with E-state index in [2.05, 4.69) is 33.9 Å². The van der Waals surface area contributed by atoms with Gasteiger partial charge in [0.05, 0.1) is 22.8 Å². The summed E-state index contributed by atoms with van der Waals surface area (Å²) in [5, 5.41) is 9.07. The molecule has 3 unspecified atom stereocenters. The highest BCUT2D eigenvalue weighted by atomic mass is 35.5. The van der Waals surface area contributed by atoms with E-state index in [1.54, 1.807) is 0 Å². The SMILES string of the molecule is CC(O[Si](C)(C)C(C)(C)C)C12CN(S(=O)(=O)c3ccc(C#N)cc3Cl)CC1O2. The molecule has 3 rings (SSSR count). The van der Waals surface area contributed by atoms with E-state index in [1.807, 2.05) is 13.0 Å². The highest BCUT2D eigenvalue weighted by molar-refractivity contribution is 7.89. The van der Waals surface area contributed by atoms with E-state index in [1.165, 1.54) is 22.5 Å². The third-order valence-electron chi connectivity index (χ3n) is 6.29. The lowest BCUT2D eigenvalue weighted by atomic mass is 10.0. The van der Waals surface area contributed by atoms with Gasteiger partial charge in [0.1, 0.15) is 16.6 Å². The largest absolute Gasteiger partial charge is 0.411 e. The van der Waals surface area contributed by atoms with Crippen molar-refractivity contribution in [3.8, 4) is 6.07 Å². The summed E-state index contributed by atoms with van der Waals surface area (Å²) in [5.41, 5.74) is -0.272. The number of nitriles is 1. The van der Waals surface area contributed by atoms with Gasteiger partial charge in [-0.3, -0.25) is 0 Å². The van der Waals surface area contributed by atoms with Crippen LogP contribution in [0.5, 0.6) is 0 Å². The minimum Gasteiger partial charge on any atom is -0.411 e. The first-order chi connectivity index (χ1) is 12.7. The van der Waals surface area contributed by atoms with Crippen LogP contribution in [0, 0.1) is 11.3 Å². The van der Waals surface area contributed by atoms with Gasteiger partial charge in [0.15, 0.2) is 8.32 Å². The second-order valence-corrected chi connectivity index (χ2v) is 16.2. The van der Waals surface area contributed by atoms with Gasteiger partial charge in [-0.1, -0.05) is 32.4 Å². The molecule has 1 aromatic rings. The fourth-order valence-corrected chi connectivity index (χ4v) is 6.83. The first-order valence-corrected chi connectivity index (χ1v) is 14.0. The molecular weight excluding hydrogens is 416 g/mol. The lowest BCUT2D eigenvalue weighted by Gasteiger charge is -2.39. The zero-order valence-electron chi connectivity index (χ0n) is 17.1. The normalized spacial score (nSPS) is 26.6. The van der Waals surface area contributed by atoms with Crippen molar-refractivity contribution in [3.63, 3.8) is 0 Å². The minimum atomic E-state index is -3.77. The predicted molar refractivity (Wildman–Crippen MR) is 110 cm³/mol. The molecule has 0 spiro atoms. The van der Waals surface area contributed by atoms with Crippen LogP contribution < -0.4 is 0 Å². The highest BCUT2D eigenvalue weighted by Crippen LogP contribution is 2.50. The molecule has 2 saturated heterocycles. The Morgan fingerprint density at radius 2 is 2.07 bits per heavy atom. The van der Waals surface area contributed by atoms with Crippen molar-refractivity contribution in [1.82, 2.24) is 4.31 Å². The van der Waals surface area contributed by atoms with Crippen molar-refractivity contribution < 1.29 is 17.6 Å². The molecule has 0 radical (unpaired) electrons. The Labute approximate surface area is 173 Å². The zero-order valence-corrected chi connectivity index (χ0v) is 19.7. The lowest BCUT2D eigenvalue weighted by Crippen LogP contribution is -2.49. The van der Waals surface area contributed by atoms with E-state index in [9.17, 15) is 8.42 Å². The van der Waals surface area contributed by atoms with E-state index in [-0.39, 0.29) is 40.3 Å². The van der Waals surface area contributed by atoms with Gasteiger partial charge in [-0.2, -0.15) is 9.57 Å². The molecule has 1 aromatic carbocycles. The maximum absolute atomic E-state index is 13.1. The number of nitrogens with zero attached hydrogens (tertiary/aromatic N) is 2. The number of sulfonamides is 1. The number of benzene rings is 1. The molecule has 0 saturated carbocycles. The Hall–Kier alpha value is -0.953. The van der Waals surface area contributed by atoms with Crippen LogP contribution in [0.4, 0.5) is 0 Å². The fourth-order valence-electron chi connectivity index (χ4n) is 3.39. The first-order valence-electron chi connectivity index (χ1n) is 9.30. The van der Waals surface area contributed by atoms with Crippen LogP contribution >= 0.6 is 11.6 Å². The van der Waals surface area contributed by atoms with Crippen LogP contribution in [0.15, 0.2) is 23.1 Å². The number of rotatable bonds is 5. The Balaban J connectivity index is 1.79. The van der Waals surface area contributed by atoms with E-state index < -0.39 is 23.9 Å². The van der Waals surface area contributed by atoms with Gasteiger partial charge in [-0.15, -0.1) is 0 Å². The van der Waals surface area contributed by atoms with Gasteiger partial charge < -0.3 is 9.16 Å². The summed E-state index contributed by atoms with van der Waals surface area (Å²) in [7, 11) is -5.78. The monoisotopic (exact) mass is 442 g/mol. The van der Waals surface area contributed by atoms with E-state index in [4.69, 9.17) is 26.0 Å². The number of hydrogen-bond donors (Lipinski definition) is 0. The number of fused-ring (bicyclic) bond motifs is 1. The van der Waals surface area contributed by atoms with Crippen molar-refractivity contribution >= 4 is 29.9 Å². The quantitative estimate of drug-likeness (QED) is 0.512. The molecule has 2 aliphatic heterocycles. The summed E-state index contributed by atoms with van der Waals surface area (Å²) in [6.45, 7) is 13.4. The van der Waals surface area contributed by atoms with Crippen molar-refractivity contribution in [2.75, 3.05) is 13.1 Å². The molecule has 0 amide bonds. The number of hydrogen-bond acceptors (Lipinski definition) is 5. The molecule has 2 aliphatic rings. The third-order valence-corrected chi connectivity index (χ3v) is 13.1. The smallest absolute Gasteiger partial charge is 0.244 e. The standard InChI is InChI=1S/C19H27ClN2O4SSi/c1-13(26-28(5,6)18(2,3)4)19-12-22(11-17(19)25-19)27(23,24)16-8-7-14(10-21)9-15(16)20/h7-9,13,17H,11-12H2,1-6H3. The van der Waals surface area contributed by atoms with Crippen molar-refractivity contribution in [1.29, 1.82) is 5.26 Å². The maximum Gasteiger partial charge on any atom is 0.244 e. The average Bonchev–Trinajstić information content (AvgIpc) is 3.14. The molecule has 3 atom stereocenters. The van der Waals surface area contributed by atoms with Crippen LogP contribution in [0.25, 0.3) is 0 Å². The van der Waals surface area contributed by atoms with Gasteiger partial charge in [0.2, 0.25) is 10.0 Å².